The summed E-state index contributed by atoms with van der Waals surface area (Å²) in [5, 5.41) is 5.44. The first-order valence-electron chi connectivity index (χ1n) is 9.19. The van der Waals surface area contributed by atoms with Gasteiger partial charge in [0.25, 0.3) is 5.91 Å². The first-order valence-corrected chi connectivity index (χ1v) is 10.6. The molecule has 0 atom stereocenters. The number of amides is 2. The predicted molar refractivity (Wildman–Crippen MR) is 108 cm³/mol. The number of morpholine rings is 1. The van der Waals surface area contributed by atoms with Gasteiger partial charge in [-0.1, -0.05) is 12.1 Å². The topological polar surface area (TPSA) is 105 Å². The van der Waals surface area contributed by atoms with Gasteiger partial charge in [0.15, 0.2) is 0 Å². The summed E-state index contributed by atoms with van der Waals surface area (Å²) in [7, 11) is -3.57. The Morgan fingerprint density at radius 2 is 1.62 bits per heavy atom. The molecule has 29 heavy (non-hydrogen) atoms. The van der Waals surface area contributed by atoms with E-state index in [0.29, 0.717) is 44.1 Å². The molecule has 154 valence electrons. The maximum Gasteiger partial charge on any atom is 0.255 e. The second-order valence-corrected chi connectivity index (χ2v) is 8.54. The van der Waals surface area contributed by atoms with E-state index in [1.54, 1.807) is 36.4 Å². The molecule has 0 spiro atoms. The summed E-state index contributed by atoms with van der Waals surface area (Å²) in [6, 6.07) is 13.0. The minimum atomic E-state index is -3.57. The molecule has 1 saturated heterocycles. The zero-order chi connectivity index (χ0) is 20.9. The third-order valence-electron chi connectivity index (χ3n) is 4.48. The number of sulfonamides is 1. The van der Waals surface area contributed by atoms with Crippen molar-refractivity contribution in [1.29, 1.82) is 0 Å². The van der Waals surface area contributed by atoms with Crippen LogP contribution in [0.25, 0.3) is 0 Å². The first-order chi connectivity index (χ1) is 13.9. The first kappa shape index (κ1) is 21.0. The third-order valence-corrected chi connectivity index (χ3v) is 6.39. The molecule has 8 nitrogen and oxygen atoms in total. The van der Waals surface area contributed by atoms with Gasteiger partial charge in [-0.15, -0.1) is 0 Å². The van der Waals surface area contributed by atoms with Gasteiger partial charge in [-0.05, 0) is 42.0 Å². The number of anilines is 1. The summed E-state index contributed by atoms with van der Waals surface area (Å²) in [4.78, 5) is 23.5. The van der Waals surface area contributed by atoms with Crippen LogP contribution < -0.4 is 10.6 Å². The van der Waals surface area contributed by atoms with E-state index in [9.17, 15) is 18.0 Å². The molecular weight excluding hydrogens is 394 g/mol. The summed E-state index contributed by atoms with van der Waals surface area (Å²) in [5.74, 6) is -0.425. The van der Waals surface area contributed by atoms with Crippen molar-refractivity contribution in [3.63, 3.8) is 0 Å². The van der Waals surface area contributed by atoms with Crippen LogP contribution in [0, 0.1) is 0 Å². The number of rotatable bonds is 6. The second-order valence-electron chi connectivity index (χ2n) is 6.60. The van der Waals surface area contributed by atoms with Crippen molar-refractivity contribution >= 4 is 27.5 Å². The van der Waals surface area contributed by atoms with Crippen LogP contribution in [0.4, 0.5) is 5.69 Å². The molecule has 1 aliphatic rings. The maximum atomic E-state index is 12.6. The number of carbonyl (C=O) groups excluding carboxylic acids is 2. The van der Waals surface area contributed by atoms with Crippen LogP contribution in [0.3, 0.4) is 0 Å². The number of hydrogen-bond acceptors (Lipinski definition) is 5. The fourth-order valence-electron chi connectivity index (χ4n) is 2.85. The SMILES string of the molecule is CC(=O)NCc1ccc(C(=O)Nc2ccc(S(=O)(=O)N3CCOCC3)cc2)cc1. The highest BCUT2D eigenvalue weighted by molar-refractivity contribution is 7.89. The number of nitrogens with zero attached hydrogens (tertiary/aromatic N) is 1. The maximum absolute atomic E-state index is 12.6. The summed E-state index contributed by atoms with van der Waals surface area (Å²) in [6.45, 7) is 3.28. The molecule has 0 unspecified atom stereocenters. The molecule has 3 rings (SSSR count). The molecule has 2 aromatic rings. The molecular formula is C20H23N3O5S. The van der Waals surface area contributed by atoms with Gasteiger partial charge in [0.1, 0.15) is 0 Å². The van der Waals surface area contributed by atoms with Gasteiger partial charge in [0, 0.05) is 37.8 Å². The monoisotopic (exact) mass is 417 g/mol. The van der Waals surface area contributed by atoms with Crippen LogP contribution in [0.15, 0.2) is 53.4 Å². The third kappa shape index (κ3) is 5.41. The van der Waals surface area contributed by atoms with Crippen LogP contribution in [0.5, 0.6) is 0 Å². The fourth-order valence-corrected chi connectivity index (χ4v) is 4.26. The normalized spacial score (nSPS) is 14.9. The Balaban J connectivity index is 1.63. The molecule has 9 heteroatoms. The van der Waals surface area contributed by atoms with Crippen LogP contribution in [0.2, 0.25) is 0 Å². The van der Waals surface area contributed by atoms with Gasteiger partial charge in [-0.2, -0.15) is 4.31 Å². The Morgan fingerprint density at radius 1 is 1.00 bits per heavy atom. The fraction of sp³-hybridized carbons (Fsp3) is 0.300. The Hall–Kier alpha value is -2.75. The highest BCUT2D eigenvalue weighted by Gasteiger charge is 2.26. The largest absolute Gasteiger partial charge is 0.379 e. The van der Waals surface area contributed by atoms with Gasteiger partial charge in [-0.25, -0.2) is 8.42 Å². The Labute approximate surface area is 169 Å². The van der Waals surface area contributed by atoms with Gasteiger partial charge in [-0.3, -0.25) is 9.59 Å². The minimum absolute atomic E-state index is 0.120. The minimum Gasteiger partial charge on any atom is -0.379 e. The van der Waals surface area contributed by atoms with E-state index in [0.717, 1.165) is 5.56 Å². The lowest BCUT2D eigenvalue weighted by atomic mass is 10.1. The summed E-state index contributed by atoms with van der Waals surface area (Å²) in [5.41, 5.74) is 1.84. The van der Waals surface area contributed by atoms with E-state index in [2.05, 4.69) is 10.6 Å². The van der Waals surface area contributed by atoms with Gasteiger partial charge < -0.3 is 15.4 Å². The molecule has 0 radical (unpaired) electrons. The molecule has 2 amide bonds. The van der Waals surface area contributed by atoms with E-state index in [1.165, 1.54) is 23.4 Å². The molecule has 1 fully saturated rings. The van der Waals surface area contributed by atoms with E-state index in [1.807, 2.05) is 0 Å². The van der Waals surface area contributed by atoms with Crippen molar-refractivity contribution in [3.8, 4) is 0 Å². The smallest absolute Gasteiger partial charge is 0.255 e. The van der Waals surface area contributed by atoms with Crippen LogP contribution in [0.1, 0.15) is 22.8 Å². The lowest BCUT2D eigenvalue weighted by Crippen LogP contribution is -2.40. The Bertz CT molecular complexity index is 966. The summed E-state index contributed by atoms with van der Waals surface area (Å²) >= 11 is 0. The molecule has 1 aliphatic heterocycles. The molecule has 0 aliphatic carbocycles. The highest BCUT2D eigenvalue weighted by atomic mass is 32.2. The quantitative estimate of drug-likeness (QED) is 0.743. The molecule has 0 saturated carbocycles. The van der Waals surface area contributed by atoms with E-state index in [-0.39, 0.29) is 16.7 Å². The van der Waals surface area contributed by atoms with Gasteiger partial charge >= 0.3 is 0 Å². The van der Waals surface area contributed by atoms with Crippen molar-refractivity contribution in [2.24, 2.45) is 0 Å². The zero-order valence-electron chi connectivity index (χ0n) is 16.1. The molecule has 0 bridgehead atoms. The van der Waals surface area contributed by atoms with Crippen LogP contribution in [-0.4, -0.2) is 50.8 Å². The zero-order valence-corrected chi connectivity index (χ0v) is 16.9. The Morgan fingerprint density at radius 3 is 2.21 bits per heavy atom. The van der Waals surface area contributed by atoms with Crippen molar-refractivity contribution in [1.82, 2.24) is 9.62 Å². The highest BCUT2D eigenvalue weighted by Crippen LogP contribution is 2.20. The standard InChI is InChI=1S/C20H23N3O5S/c1-15(24)21-14-16-2-4-17(5-3-16)20(25)22-18-6-8-19(9-7-18)29(26,27)23-10-12-28-13-11-23/h2-9H,10-14H2,1H3,(H,21,24)(H,22,25). The molecule has 1 heterocycles. The summed E-state index contributed by atoms with van der Waals surface area (Å²) < 4.78 is 31.8. The number of hydrogen-bond donors (Lipinski definition) is 2. The van der Waals surface area contributed by atoms with Gasteiger partial charge in [0.05, 0.1) is 18.1 Å². The van der Waals surface area contributed by atoms with Crippen molar-refractivity contribution in [2.45, 2.75) is 18.4 Å². The lowest BCUT2D eigenvalue weighted by Gasteiger charge is -2.26. The Kier molecular flexibility index (Phi) is 6.63. The molecule has 0 aromatic heterocycles. The van der Waals surface area contributed by atoms with E-state index in [4.69, 9.17) is 4.74 Å². The number of benzene rings is 2. The number of nitrogens with one attached hydrogen (secondary N) is 2. The summed E-state index contributed by atoms with van der Waals surface area (Å²) in [6.07, 6.45) is 0. The average Bonchev–Trinajstić information content (AvgIpc) is 2.73. The van der Waals surface area contributed by atoms with Crippen molar-refractivity contribution < 1.29 is 22.7 Å². The second kappa shape index (κ2) is 9.17. The van der Waals surface area contributed by atoms with Crippen LogP contribution >= 0.6 is 0 Å². The van der Waals surface area contributed by atoms with Crippen molar-refractivity contribution in [3.05, 3.63) is 59.7 Å². The predicted octanol–water partition coefficient (Wildman–Crippen LogP) is 1.60. The van der Waals surface area contributed by atoms with E-state index < -0.39 is 10.0 Å². The van der Waals surface area contributed by atoms with Gasteiger partial charge in [0.2, 0.25) is 15.9 Å². The van der Waals surface area contributed by atoms with E-state index >= 15 is 0 Å². The molecule has 2 aromatic carbocycles. The molecule has 2 N–H and O–H groups in total. The average molecular weight is 417 g/mol. The lowest BCUT2D eigenvalue weighted by molar-refractivity contribution is -0.119. The number of ether oxygens (including phenoxy) is 1. The van der Waals surface area contributed by atoms with Crippen LogP contribution in [-0.2, 0) is 26.1 Å². The number of carbonyl (C=O) groups is 2. The van der Waals surface area contributed by atoms with Crippen molar-refractivity contribution in [2.75, 3.05) is 31.6 Å².